The summed E-state index contributed by atoms with van der Waals surface area (Å²) in [6.45, 7) is 2.45. The number of aromatic nitrogens is 1. The molecule has 0 saturated carbocycles. The molecule has 102 valence electrons. The van der Waals surface area contributed by atoms with Gasteiger partial charge in [-0.05, 0) is 19.1 Å². The van der Waals surface area contributed by atoms with E-state index in [-0.39, 0.29) is 11.9 Å². The Morgan fingerprint density at radius 1 is 1.53 bits per heavy atom. The SMILES string of the molecule is COC[C@@H](C)NC(=O)CSc1nc2ccccc2s1. The first-order chi connectivity index (χ1) is 9.19. The van der Waals surface area contributed by atoms with Gasteiger partial charge in [-0.3, -0.25) is 4.79 Å². The number of nitrogens with zero attached hydrogens (tertiary/aromatic N) is 1. The van der Waals surface area contributed by atoms with Crippen molar-refractivity contribution in [2.75, 3.05) is 19.5 Å². The third-order valence-electron chi connectivity index (χ3n) is 2.43. The zero-order valence-corrected chi connectivity index (χ0v) is 12.5. The van der Waals surface area contributed by atoms with Gasteiger partial charge in [-0.1, -0.05) is 23.9 Å². The van der Waals surface area contributed by atoms with Gasteiger partial charge in [0.1, 0.15) is 0 Å². The zero-order chi connectivity index (χ0) is 13.7. The van der Waals surface area contributed by atoms with Crippen LogP contribution in [0.3, 0.4) is 0 Å². The van der Waals surface area contributed by atoms with E-state index in [0.717, 1.165) is 14.6 Å². The summed E-state index contributed by atoms with van der Waals surface area (Å²) < 4.78 is 7.05. The molecule has 0 radical (unpaired) electrons. The molecule has 2 rings (SSSR count). The van der Waals surface area contributed by atoms with Gasteiger partial charge in [0.15, 0.2) is 4.34 Å². The van der Waals surface area contributed by atoms with Gasteiger partial charge in [0.2, 0.25) is 5.91 Å². The highest BCUT2D eigenvalue weighted by Crippen LogP contribution is 2.28. The third-order valence-corrected chi connectivity index (χ3v) is 4.60. The first-order valence-corrected chi connectivity index (χ1v) is 7.76. The molecule has 0 bridgehead atoms. The molecule has 1 aromatic heterocycles. The summed E-state index contributed by atoms with van der Waals surface area (Å²) in [4.78, 5) is 16.2. The van der Waals surface area contributed by atoms with Crippen molar-refractivity contribution in [3.05, 3.63) is 24.3 Å². The number of carbonyl (C=O) groups is 1. The summed E-state index contributed by atoms with van der Waals surface area (Å²) in [6.07, 6.45) is 0. The number of amides is 1. The maximum absolute atomic E-state index is 11.7. The average Bonchev–Trinajstić information content (AvgIpc) is 2.79. The van der Waals surface area contributed by atoms with E-state index in [2.05, 4.69) is 10.3 Å². The van der Waals surface area contributed by atoms with Gasteiger partial charge in [0.05, 0.1) is 22.6 Å². The molecule has 1 amide bonds. The second kappa shape index (κ2) is 6.88. The number of carbonyl (C=O) groups excluding carboxylic acids is 1. The number of fused-ring (bicyclic) bond motifs is 1. The molecule has 1 aromatic carbocycles. The quantitative estimate of drug-likeness (QED) is 0.832. The summed E-state index contributed by atoms with van der Waals surface area (Å²) >= 11 is 3.08. The zero-order valence-electron chi connectivity index (χ0n) is 10.9. The molecule has 0 aliphatic rings. The van der Waals surface area contributed by atoms with Gasteiger partial charge in [0.25, 0.3) is 0 Å². The van der Waals surface area contributed by atoms with E-state index in [0.29, 0.717) is 12.4 Å². The predicted molar refractivity (Wildman–Crippen MR) is 79.8 cm³/mol. The van der Waals surface area contributed by atoms with Gasteiger partial charge >= 0.3 is 0 Å². The van der Waals surface area contributed by atoms with Crippen molar-refractivity contribution in [2.45, 2.75) is 17.3 Å². The molecule has 0 spiro atoms. The number of nitrogens with one attached hydrogen (secondary N) is 1. The number of thiazole rings is 1. The molecule has 1 heterocycles. The molecule has 1 N–H and O–H groups in total. The molecular formula is C13H16N2O2S2. The van der Waals surface area contributed by atoms with Crippen molar-refractivity contribution >= 4 is 39.2 Å². The van der Waals surface area contributed by atoms with Crippen molar-refractivity contribution in [1.82, 2.24) is 10.3 Å². The van der Waals surface area contributed by atoms with Gasteiger partial charge in [-0.25, -0.2) is 4.98 Å². The maximum Gasteiger partial charge on any atom is 0.230 e. The summed E-state index contributed by atoms with van der Waals surface area (Å²) in [6, 6.07) is 8.02. The van der Waals surface area contributed by atoms with E-state index in [1.54, 1.807) is 18.4 Å². The smallest absolute Gasteiger partial charge is 0.230 e. The Kier molecular flexibility index (Phi) is 5.18. The second-order valence-corrected chi connectivity index (χ2v) is 6.41. The van der Waals surface area contributed by atoms with Crippen LogP contribution in [0.15, 0.2) is 28.6 Å². The van der Waals surface area contributed by atoms with Crippen LogP contribution in [0.5, 0.6) is 0 Å². The Labute approximate surface area is 120 Å². The van der Waals surface area contributed by atoms with Gasteiger partial charge in [0, 0.05) is 13.2 Å². The predicted octanol–water partition coefficient (Wildman–Crippen LogP) is 2.54. The Bertz CT molecular complexity index is 523. The minimum Gasteiger partial charge on any atom is -0.383 e. The molecule has 0 fully saturated rings. The van der Waals surface area contributed by atoms with E-state index in [4.69, 9.17) is 4.74 Å². The largest absolute Gasteiger partial charge is 0.383 e. The molecule has 0 saturated heterocycles. The third kappa shape index (κ3) is 4.19. The van der Waals surface area contributed by atoms with E-state index >= 15 is 0 Å². The summed E-state index contributed by atoms with van der Waals surface area (Å²) in [5.41, 5.74) is 0.989. The molecule has 0 aliphatic heterocycles. The first-order valence-electron chi connectivity index (χ1n) is 5.95. The van der Waals surface area contributed by atoms with E-state index in [1.165, 1.54) is 11.8 Å². The normalized spacial score (nSPS) is 12.5. The van der Waals surface area contributed by atoms with Crippen LogP contribution in [0.25, 0.3) is 10.2 Å². The number of hydrogen-bond acceptors (Lipinski definition) is 5. The molecule has 1 atom stereocenters. The molecule has 0 aliphatic carbocycles. The van der Waals surface area contributed by atoms with Crippen molar-refractivity contribution in [3.8, 4) is 0 Å². The molecular weight excluding hydrogens is 280 g/mol. The van der Waals surface area contributed by atoms with Gasteiger partial charge < -0.3 is 10.1 Å². The fraction of sp³-hybridized carbons (Fsp3) is 0.385. The summed E-state index contributed by atoms with van der Waals surface area (Å²) in [7, 11) is 1.62. The number of hydrogen-bond donors (Lipinski definition) is 1. The van der Waals surface area contributed by atoms with Crippen LogP contribution in [-0.4, -0.2) is 36.4 Å². The van der Waals surface area contributed by atoms with E-state index < -0.39 is 0 Å². The van der Waals surface area contributed by atoms with Crippen LogP contribution in [0.1, 0.15) is 6.92 Å². The lowest BCUT2D eigenvalue weighted by atomic mass is 10.3. The lowest BCUT2D eigenvalue weighted by Crippen LogP contribution is -2.36. The summed E-state index contributed by atoms with van der Waals surface area (Å²) in [5.74, 6) is 0.391. The Morgan fingerprint density at radius 2 is 2.32 bits per heavy atom. The van der Waals surface area contributed by atoms with E-state index in [9.17, 15) is 4.79 Å². The molecule has 19 heavy (non-hydrogen) atoms. The maximum atomic E-state index is 11.7. The average molecular weight is 296 g/mol. The topological polar surface area (TPSA) is 51.2 Å². The number of methoxy groups -OCH3 is 1. The van der Waals surface area contributed by atoms with Crippen molar-refractivity contribution in [1.29, 1.82) is 0 Å². The van der Waals surface area contributed by atoms with Crippen molar-refractivity contribution in [2.24, 2.45) is 0 Å². The lowest BCUT2D eigenvalue weighted by molar-refractivity contribution is -0.119. The number of thioether (sulfide) groups is 1. The minimum absolute atomic E-state index is 0.00815. The van der Waals surface area contributed by atoms with Crippen LogP contribution in [0.2, 0.25) is 0 Å². The Morgan fingerprint density at radius 3 is 3.05 bits per heavy atom. The van der Waals surface area contributed by atoms with Crippen molar-refractivity contribution < 1.29 is 9.53 Å². The number of para-hydroxylation sites is 1. The Balaban J connectivity index is 1.86. The standard InChI is InChI=1S/C13H16N2O2S2/c1-9(7-17-2)14-12(16)8-18-13-15-10-5-3-4-6-11(10)19-13/h3-6,9H,7-8H2,1-2H3,(H,14,16)/t9-/m1/s1. The molecule has 2 aromatic rings. The van der Waals surface area contributed by atoms with Gasteiger partial charge in [-0.2, -0.15) is 0 Å². The fourth-order valence-corrected chi connectivity index (χ4v) is 3.53. The highest BCUT2D eigenvalue weighted by atomic mass is 32.2. The lowest BCUT2D eigenvalue weighted by Gasteiger charge is -2.11. The highest BCUT2D eigenvalue weighted by Gasteiger charge is 2.09. The molecule has 6 heteroatoms. The summed E-state index contributed by atoms with van der Waals surface area (Å²) in [5, 5.41) is 2.88. The van der Waals surface area contributed by atoms with Crippen LogP contribution in [0, 0.1) is 0 Å². The molecule has 0 unspecified atom stereocenters. The van der Waals surface area contributed by atoms with E-state index in [1.807, 2.05) is 31.2 Å². The molecule has 4 nitrogen and oxygen atoms in total. The second-order valence-electron chi connectivity index (χ2n) is 4.16. The van der Waals surface area contributed by atoms with Crippen molar-refractivity contribution in [3.63, 3.8) is 0 Å². The first kappa shape index (κ1) is 14.3. The van der Waals surface area contributed by atoms with Crippen LogP contribution in [-0.2, 0) is 9.53 Å². The highest BCUT2D eigenvalue weighted by molar-refractivity contribution is 8.01. The van der Waals surface area contributed by atoms with Crippen LogP contribution >= 0.6 is 23.1 Å². The number of ether oxygens (including phenoxy) is 1. The van der Waals surface area contributed by atoms with Crippen LogP contribution in [0.4, 0.5) is 0 Å². The minimum atomic E-state index is 0.00815. The number of rotatable bonds is 6. The fourth-order valence-electron chi connectivity index (χ4n) is 1.65. The number of benzene rings is 1. The Hall–Kier alpha value is -1.11. The van der Waals surface area contributed by atoms with Gasteiger partial charge in [-0.15, -0.1) is 11.3 Å². The monoisotopic (exact) mass is 296 g/mol. The van der Waals surface area contributed by atoms with Crippen LogP contribution < -0.4 is 5.32 Å².